The number of halogens is 3. The number of alkyl halides is 3. The first kappa shape index (κ1) is 20.0. The van der Waals surface area contributed by atoms with Gasteiger partial charge in [-0.3, -0.25) is 9.89 Å². The van der Waals surface area contributed by atoms with E-state index in [0.717, 1.165) is 25.0 Å². The quantitative estimate of drug-likeness (QED) is 0.375. The van der Waals surface area contributed by atoms with E-state index in [0.29, 0.717) is 26.1 Å². The van der Waals surface area contributed by atoms with Crippen LogP contribution >= 0.6 is 0 Å². The summed E-state index contributed by atoms with van der Waals surface area (Å²) < 4.78 is 42.2. The summed E-state index contributed by atoms with van der Waals surface area (Å²) in [4.78, 5) is 7.41. The molecule has 1 aliphatic carbocycles. The summed E-state index contributed by atoms with van der Waals surface area (Å²) in [5, 5.41) is 3.16. The molecule has 0 aromatic heterocycles. The molecule has 0 unspecified atom stereocenters. The zero-order chi connectivity index (χ0) is 17.3. The molecule has 0 radical (unpaired) electrons. The van der Waals surface area contributed by atoms with Gasteiger partial charge in [-0.15, -0.1) is 0 Å². The number of nitrogens with zero attached hydrogens (tertiary/aromatic N) is 3. The molecule has 0 aromatic rings. The predicted molar refractivity (Wildman–Crippen MR) is 85.7 cm³/mol. The first-order valence-electron chi connectivity index (χ1n) is 8.06. The molecule has 0 aromatic carbocycles. The van der Waals surface area contributed by atoms with E-state index in [1.807, 2.05) is 11.9 Å². The van der Waals surface area contributed by atoms with Crippen molar-refractivity contribution < 1.29 is 17.9 Å². The SMILES string of the molecule is CN=C(NCCCN(C)CC(F)(F)F)N(C)CCOCC1CC1. The van der Waals surface area contributed by atoms with Crippen LogP contribution in [0.15, 0.2) is 4.99 Å². The summed E-state index contributed by atoms with van der Waals surface area (Å²) in [5.74, 6) is 1.49. The van der Waals surface area contributed by atoms with E-state index >= 15 is 0 Å². The lowest BCUT2D eigenvalue weighted by molar-refractivity contribution is -0.143. The van der Waals surface area contributed by atoms with Crippen molar-refractivity contribution in [3.63, 3.8) is 0 Å². The Morgan fingerprint density at radius 3 is 2.52 bits per heavy atom. The fourth-order valence-electron chi connectivity index (χ4n) is 2.16. The zero-order valence-electron chi connectivity index (χ0n) is 14.3. The molecule has 136 valence electrons. The number of hydrogen-bond donors (Lipinski definition) is 1. The summed E-state index contributed by atoms with van der Waals surface area (Å²) in [6, 6.07) is 0. The van der Waals surface area contributed by atoms with Gasteiger partial charge >= 0.3 is 6.18 Å². The van der Waals surface area contributed by atoms with Gasteiger partial charge in [-0.05, 0) is 38.8 Å². The van der Waals surface area contributed by atoms with Gasteiger partial charge in [0.1, 0.15) is 0 Å². The molecule has 0 amide bonds. The number of ether oxygens (including phenoxy) is 1. The monoisotopic (exact) mass is 338 g/mol. The molecular weight excluding hydrogens is 309 g/mol. The van der Waals surface area contributed by atoms with Crippen LogP contribution in [0.2, 0.25) is 0 Å². The molecule has 1 N–H and O–H groups in total. The van der Waals surface area contributed by atoms with Gasteiger partial charge in [0.05, 0.1) is 13.2 Å². The van der Waals surface area contributed by atoms with Crippen LogP contribution in [-0.4, -0.2) is 82.5 Å². The Balaban J connectivity index is 2.09. The maximum atomic E-state index is 12.2. The maximum Gasteiger partial charge on any atom is 0.401 e. The summed E-state index contributed by atoms with van der Waals surface area (Å²) in [6.45, 7) is 2.33. The number of aliphatic imine (C=N–C) groups is 1. The molecule has 0 bridgehead atoms. The van der Waals surface area contributed by atoms with E-state index in [4.69, 9.17) is 4.74 Å². The molecule has 8 heteroatoms. The molecule has 0 heterocycles. The fraction of sp³-hybridized carbons (Fsp3) is 0.933. The third kappa shape index (κ3) is 10.4. The Morgan fingerprint density at radius 1 is 1.26 bits per heavy atom. The van der Waals surface area contributed by atoms with Crippen LogP contribution in [0.25, 0.3) is 0 Å². The van der Waals surface area contributed by atoms with Crippen LogP contribution in [0.1, 0.15) is 19.3 Å². The minimum atomic E-state index is -4.14. The topological polar surface area (TPSA) is 40.1 Å². The summed E-state index contributed by atoms with van der Waals surface area (Å²) in [7, 11) is 5.09. The molecule has 0 atom stereocenters. The second-order valence-corrected chi connectivity index (χ2v) is 6.12. The predicted octanol–water partition coefficient (Wildman–Crippen LogP) is 1.80. The lowest BCUT2D eigenvalue weighted by Gasteiger charge is -2.23. The molecule has 0 aliphatic heterocycles. The second-order valence-electron chi connectivity index (χ2n) is 6.12. The van der Waals surface area contributed by atoms with Crippen molar-refractivity contribution in [2.24, 2.45) is 10.9 Å². The Labute approximate surface area is 136 Å². The van der Waals surface area contributed by atoms with Crippen molar-refractivity contribution in [1.29, 1.82) is 0 Å². The van der Waals surface area contributed by atoms with Crippen molar-refractivity contribution in [2.45, 2.75) is 25.4 Å². The lowest BCUT2D eigenvalue weighted by Crippen LogP contribution is -2.41. The van der Waals surface area contributed by atoms with E-state index in [2.05, 4.69) is 10.3 Å². The average Bonchev–Trinajstić information content (AvgIpc) is 3.25. The van der Waals surface area contributed by atoms with Crippen LogP contribution in [-0.2, 0) is 4.74 Å². The third-order valence-electron chi connectivity index (χ3n) is 3.64. The zero-order valence-corrected chi connectivity index (χ0v) is 14.3. The van der Waals surface area contributed by atoms with Gasteiger partial charge in [-0.2, -0.15) is 13.2 Å². The van der Waals surface area contributed by atoms with Crippen molar-refractivity contribution in [2.75, 3.05) is 60.5 Å². The molecule has 1 fully saturated rings. The first-order chi connectivity index (χ1) is 10.8. The summed E-state index contributed by atoms with van der Waals surface area (Å²) in [5.41, 5.74) is 0. The van der Waals surface area contributed by atoms with Gasteiger partial charge in [0.2, 0.25) is 0 Å². The fourth-order valence-corrected chi connectivity index (χ4v) is 2.16. The molecule has 1 rings (SSSR count). The lowest BCUT2D eigenvalue weighted by atomic mass is 10.4. The standard InChI is InChI=1S/C15H29F3N4O/c1-19-14(22(3)9-10-23-11-13-5-6-13)20-7-4-8-21(2)12-15(16,17)18/h13H,4-12H2,1-3H3,(H,19,20). The Hall–Kier alpha value is -1.02. The Bertz CT molecular complexity index is 359. The highest BCUT2D eigenvalue weighted by Gasteiger charge is 2.28. The van der Waals surface area contributed by atoms with Crippen molar-refractivity contribution in [1.82, 2.24) is 15.1 Å². The number of likely N-dealkylation sites (N-methyl/N-ethyl adjacent to an activating group) is 1. The molecule has 1 saturated carbocycles. The molecule has 5 nitrogen and oxygen atoms in total. The molecule has 23 heavy (non-hydrogen) atoms. The van der Waals surface area contributed by atoms with Gasteiger partial charge in [0.15, 0.2) is 5.96 Å². The van der Waals surface area contributed by atoms with E-state index in [1.54, 1.807) is 7.05 Å². The highest BCUT2D eigenvalue weighted by molar-refractivity contribution is 5.79. The van der Waals surface area contributed by atoms with Gasteiger partial charge in [0, 0.05) is 33.8 Å². The van der Waals surface area contributed by atoms with Gasteiger partial charge in [-0.25, -0.2) is 0 Å². The third-order valence-corrected chi connectivity index (χ3v) is 3.64. The smallest absolute Gasteiger partial charge is 0.379 e. The van der Waals surface area contributed by atoms with E-state index < -0.39 is 12.7 Å². The van der Waals surface area contributed by atoms with E-state index in [-0.39, 0.29) is 0 Å². The van der Waals surface area contributed by atoms with Crippen LogP contribution < -0.4 is 5.32 Å². The van der Waals surface area contributed by atoms with Crippen LogP contribution in [0, 0.1) is 5.92 Å². The summed E-state index contributed by atoms with van der Waals surface area (Å²) >= 11 is 0. The molecular formula is C15H29F3N4O. The minimum absolute atomic E-state index is 0.387. The van der Waals surface area contributed by atoms with E-state index in [9.17, 15) is 13.2 Å². The second kappa shape index (κ2) is 9.97. The number of guanidine groups is 1. The minimum Gasteiger partial charge on any atom is -0.379 e. The van der Waals surface area contributed by atoms with Crippen molar-refractivity contribution >= 4 is 5.96 Å². The first-order valence-corrected chi connectivity index (χ1v) is 8.06. The number of nitrogens with one attached hydrogen (secondary N) is 1. The van der Waals surface area contributed by atoms with Gasteiger partial charge < -0.3 is 15.0 Å². The molecule has 1 aliphatic rings. The normalized spacial score (nSPS) is 16.0. The van der Waals surface area contributed by atoms with E-state index in [1.165, 1.54) is 24.8 Å². The number of hydrogen-bond acceptors (Lipinski definition) is 3. The van der Waals surface area contributed by atoms with Gasteiger partial charge in [-0.1, -0.05) is 0 Å². The maximum absolute atomic E-state index is 12.2. The summed E-state index contributed by atoms with van der Waals surface area (Å²) in [6.07, 6.45) is -0.958. The highest BCUT2D eigenvalue weighted by Crippen LogP contribution is 2.28. The van der Waals surface area contributed by atoms with Crippen molar-refractivity contribution in [3.8, 4) is 0 Å². The van der Waals surface area contributed by atoms with Crippen molar-refractivity contribution in [3.05, 3.63) is 0 Å². The molecule has 0 saturated heterocycles. The average molecular weight is 338 g/mol. The highest BCUT2D eigenvalue weighted by atomic mass is 19.4. The molecule has 0 spiro atoms. The van der Waals surface area contributed by atoms with Crippen LogP contribution in [0.4, 0.5) is 13.2 Å². The Kier molecular flexibility index (Phi) is 8.68. The van der Waals surface area contributed by atoms with Crippen LogP contribution in [0.5, 0.6) is 0 Å². The Morgan fingerprint density at radius 2 is 1.96 bits per heavy atom. The largest absolute Gasteiger partial charge is 0.401 e. The number of rotatable bonds is 10. The van der Waals surface area contributed by atoms with Crippen LogP contribution in [0.3, 0.4) is 0 Å². The van der Waals surface area contributed by atoms with Gasteiger partial charge in [0.25, 0.3) is 0 Å².